The fourth-order valence-corrected chi connectivity index (χ4v) is 2.93. The highest BCUT2D eigenvalue weighted by molar-refractivity contribution is 7.99. The molecule has 1 aromatic rings. The van der Waals surface area contributed by atoms with E-state index in [2.05, 4.69) is 30.3 Å². The SMILES string of the molecule is CC(C)(C)c1cnc(SCC(=O)O)n1CC1COCCO1. The molecule has 0 aromatic carbocycles. The van der Waals surface area contributed by atoms with E-state index in [4.69, 9.17) is 14.6 Å². The first-order valence-corrected chi connectivity index (χ1v) is 7.96. The van der Waals surface area contributed by atoms with Crippen molar-refractivity contribution in [3.05, 3.63) is 11.9 Å². The van der Waals surface area contributed by atoms with Crippen LogP contribution in [0.25, 0.3) is 0 Å². The second-order valence-electron chi connectivity index (χ2n) is 6.04. The Balaban J connectivity index is 2.20. The summed E-state index contributed by atoms with van der Waals surface area (Å²) in [6.45, 7) is 8.77. The third-order valence-electron chi connectivity index (χ3n) is 3.18. The summed E-state index contributed by atoms with van der Waals surface area (Å²) in [6, 6.07) is 0. The molecule has 0 bridgehead atoms. The maximum absolute atomic E-state index is 10.8. The predicted octanol–water partition coefficient (Wildman–Crippen LogP) is 1.77. The molecule has 1 aromatic heterocycles. The lowest BCUT2D eigenvalue weighted by Crippen LogP contribution is -2.34. The molecular formula is C14H22N2O4S. The molecule has 0 amide bonds. The zero-order chi connectivity index (χ0) is 15.5. The fraction of sp³-hybridized carbons (Fsp3) is 0.714. The summed E-state index contributed by atoms with van der Waals surface area (Å²) >= 11 is 1.24. The van der Waals surface area contributed by atoms with E-state index < -0.39 is 5.97 Å². The van der Waals surface area contributed by atoms with Gasteiger partial charge in [0.1, 0.15) is 0 Å². The fourth-order valence-electron chi connectivity index (χ4n) is 2.22. The Kier molecular flexibility index (Phi) is 5.29. The van der Waals surface area contributed by atoms with Gasteiger partial charge in [0.25, 0.3) is 0 Å². The van der Waals surface area contributed by atoms with Crippen molar-refractivity contribution in [1.29, 1.82) is 0 Å². The van der Waals surface area contributed by atoms with Gasteiger partial charge in [0.05, 0.1) is 38.2 Å². The number of rotatable bonds is 5. The molecule has 7 heteroatoms. The Labute approximate surface area is 128 Å². The quantitative estimate of drug-likeness (QED) is 0.835. The Hall–Kier alpha value is -1.05. The Morgan fingerprint density at radius 3 is 2.86 bits per heavy atom. The number of ether oxygens (including phenoxy) is 2. The lowest BCUT2D eigenvalue weighted by molar-refractivity contribution is -0.133. The van der Waals surface area contributed by atoms with Crippen molar-refractivity contribution in [2.75, 3.05) is 25.6 Å². The molecule has 1 atom stereocenters. The van der Waals surface area contributed by atoms with Gasteiger partial charge in [-0.3, -0.25) is 4.79 Å². The van der Waals surface area contributed by atoms with Crippen LogP contribution in [0, 0.1) is 0 Å². The summed E-state index contributed by atoms with van der Waals surface area (Å²) in [5, 5.41) is 9.57. The number of carboxylic acid groups (broad SMARTS) is 1. The molecule has 1 N–H and O–H groups in total. The first-order valence-electron chi connectivity index (χ1n) is 6.98. The summed E-state index contributed by atoms with van der Waals surface area (Å²) < 4.78 is 13.2. The van der Waals surface area contributed by atoms with E-state index in [1.807, 2.05) is 6.20 Å². The second-order valence-corrected chi connectivity index (χ2v) is 6.98. The number of nitrogens with zero attached hydrogens (tertiary/aromatic N) is 2. The molecule has 1 fully saturated rings. The highest BCUT2D eigenvalue weighted by atomic mass is 32.2. The van der Waals surface area contributed by atoms with Gasteiger partial charge in [-0.25, -0.2) is 4.98 Å². The van der Waals surface area contributed by atoms with Gasteiger partial charge < -0.3 is 19.1 Å². The minimum Gasteiger partial charge on any atom is -0.481 e. The minimum atomic E-state index is -0.843. The highest BCUT2D eigenvalue weighted by Gasteiger charge is 2.25. The summed E-state index contributed by atoms with van der Waals surface area (Å²) in [5.41, 5.74) is 1.01. The Morgan fingerprint density at radius 1 is 1.52 bits per heavy atom. The molecule has 0 aliphatic carbocycles. The van der Waals surface area contributed by atoms with Crippen LogP contribution in [0.15, 0.2) is 11.4 Å². The van der Waals surface area contributed by atoms with Gasteiger partial charge in [-0.1, -0.05) is 32.5 Å². The smallest absolute Gasteiger partial charge is 0.313 e. The van der Waals surface area contributed by atoms with Crippen LogP contribution in [-0.2, 0) is 26.2 Å². The van der Waals surface area contributed by atoms with E-state index in [1.54, 1.807) is 0 Å². The number of aromatic nitrogens is 2. The normalized spacial score (nSPS) is 19.7. The van der Waals surface area contributed by atoms with Crippen molar-refractivity contribution in [3.8, 4) is 0 Å². The van der Waals surface area contributed by atoms with E-state index in [1.165, 1.54) is 11.8 Å². The number of imidazole rings is 1. The maximum atomic E-state index is 10.8. The lowest BCUT2D eigenvalue weighted by Gasteiger charge is -2.27. The van der Waals surface area contributed by atoms with Gasteiger partial charge in [0.2, 0.25) is 0 Å². The molecule has 0 spiro atoms. The van der Waals surface area contributed by atoms with Crippen LogP contribution in [0.3, 0.4) is 0 Å². The lowest BCUT2D eigenvalue weighted by atomic mass is 9.92. The topological polar surface area (TPSA) is 73.6 Å². The largest absolute Gasteiger partial charge is 0.481 e. The molecular weight excluding hydrogens is 292 g/mol. The number of hydrogen-bond donors (Lipinski definition) is 1. The van der Waals surface area contributed by atoms with Crippen LogP contribution < -0.4 is 0 Å². The summed E-state index contributed by atoms with van der Waals surface area (Å²) in [4.78, 5) is 15.2. The molecule has 2 rings (SSSR count). The third-order valence-corrected chi connectivity index (χ3v) is 4.16. The molecule has 1 unspecified atom stereocenters. The standard InChI is InChI=1S/C14H22N2O4S/c1-14(2,3)11-6-15-13(21-9-12(17)18)16(11)7-10-8-19-4-5-20-10/h6,10H,4-5,7-9H2,1-3H3,(H,17,18). The van der Waals surface area contributed by atoms with Crippen molar-refractivity contribution in [3.63, 3.8) is 0 Å². The van der Waals surface area contributed by atoms with E-state index in [0.717, 1.165) is 10.9 Å². The zero-order valence-electron chi connectivity index (χ0n) is 12.7. The van der Waals surface area contributed by atoms with Crippen molar-refractivity contribution in [2.45, 2.75) is 44.0 Å². The average Bonchev–Trinajstić information content (AvgIpc) is 2.80. The van der Waals surface area contributed by atoms with E-state index in [9.17, 15) is 4.79 Å². The first-order chi connectivity index (χ1) is 9.88. The Morgan fingerprint density at radius 2 is 2.29 bits per heavy atom. The van der Waals surface area contributed by atoms with Gasteiger partial charge in [0, 0.05) is 17.3 Å². The molecule has 0 saturated carbocycles. The van der Waals surface area contributed by atoms with Crippen LogP contribution in [0.1, 0.15) is 26.5 Å². The van der Waals surface area contributed by atoms with Gasteiger partial charge >= 0.3 is 5.97 Å². The second kappa shape index (κ2) is 6.81. The highest BCUT2D eigenvalue weighted by Crippen LogP contribution is 2.28. The monoisotopic (exact) mass is 314 g/mol. The Bertz CT molecular complexity index is 490. The zero-order valence-corrected chi connectivity index (χ0v) is 13.5. The summed E-state index contributed by atoms with van der Waals surface area (Å²) in [7, 11) is 0. The molecule has 0 radical (unpaired) electrons. The molecule has 118 valence electrons. The van der Waals surface area contributed by atoms with Crippen LogP contribution in [-0.4, -0.2) is 52.3 Å². The molecule has 21 heavy (non-hydrogen) atoms. The van der Waals surface area contributed by atoms with Crippen molar-refractivity contribution < 1.29 is 19.4 Å². The number of carbonyl (C=O) groups is 1. The molecule has 1 aliphatic heterocycles. The van der Waals surface area contributed by atoms with Crippen molar-refractivity contribution in [2.24, 2.45) is 0 Å². The molecule has 2 heterocycles. The number of aliphatic carboxylic acids is 1. The van der Waals surface area contributed by atoms with Gasteiger partial charge in [-0.2, -0.15) is 0 Å². The van der Waals surface area contributed by atoms with Gasteiger partial charge in [-0.05, 0) is 0 Å². The predicted molar refractivity (Wildman–Crippen MR) is 79.8 cm³/mol. The van der Waals surface area contributed by atoms with Crippen molar-refractivity contribution >= 4 is 17.7 Å². The third kappa shape index (κ3) is 4.46. The van der Waals surface area contributed by atoms with E-state index in [-0.39, 0.29) is 17.3 Å². The molecule has 1 saturated heterocycles. The van der Waals surface area contributed by atoms with Gasteiger partial charge in [-0.15, -0.1) is 0 Å². The summed E-state index contributed by atoms with van der Waals surface area (Å²) in [5.74, 6) is -0.841. The maximum Gasteiger partial charge on any atom is 0.313 e. The van der Waals surface area contributed by atoms with E-state index >= 15 is 0 Å². The van der Waals surface area contributed by atoms with Gasteiger partial charge in [0.15, 0.2) is 5.16 Å². The number of hydrogen-bond acceptors (Lipinski definition) is 5. The molecule has 1 aliphatic rings. The van der Waals surface area contributed by atoms with Crippen LogP contribution >= 0.6 is 11.8 Å². The molecule has 6 nitrogen and oxygen atoms in total. The van der Waals surface area contributed by atoms with Crippen molar-refractivity contribution in [1.82, 2.24) is 9.55 Å². The first kappa shape index (κ1) is 16.3. The number of thioether (sulfide) groups is 1. The van der Waals surface area contributed by atoms with Crippen LogP contribution in [0.2, 0.25) is 0 Å². The average molecular weight is 314 g/mol. The number of carboxylic acids is 1. The van der Waals surface area contributed by atoms with E-state index in [0.29, 0.717) is 26.4 Å². The minimum absolute atomic E-state index is 0.00260. The van der Waals surface area contributed by atoms with Crippen LogP contribution in [0.5, 0.6) is 0 Å². The summed E-state index contributed by atoms with van der Waals surface area (Å²) in [6.07, 6.45) is 1.81. The van der Waals surface area contributed by atoms with Crippen LogP contribution in [0.4, 0.5) is 0 Å².